The van der Waals surface area contributed by atoms with Crippen molar-refractivity contribution >= 4 is 17.3 Å². The van der Waals surface area contributed by atoms with E-state index in [-0.39, 0.29) is 0 Å². The first-order valence-corrected chi connectivity index (χ1v) is 6.72. The molecule has 0 aliphatic heterocycles. The Morgan fingerprint density at radius 2 is 2.12 bits per heavy atom. The van der Waals surface area contributed by atoms with Gasteiger partial charge in [0.2, 0.25) is 0 Å². The first kappa shape index (κ1) is 10.6. The summed E-state index contributed by atoms with van der Waals surface area (Å²) in [5.41, 5.74) is 0. The summed E-state index contributed by atoms with van der Waals surface area (Å²) >= 11 is 5.35. The summed E-state index contributed by atoms with van der Waals surface area (Å²) in [4.78, 5) is 2.00. The van der Waals surface area contributed by atoms with Gasteiger partial charge < -0.3 is 10.2 Å². The monoisotopic (exact) mass is 236 g/mol. The minimum absolute atomic E-state index is 0.629. The van der Waals surface area contributed by atoms with Crippen LogP contribution >= 0.6 is 12.2 Å². The third-order valence-corrected chi connectivity index (χ3v) is 5.21. The van der Waals surface area contributed by atoms with Gasteiger partial charge in [-0.25, -0.2) is 0 Å². The van der Waals surface area contributed by atoms with Crippen LogP contribution in [0.2, 0.25) is 0 Å². The van der Waals surface area contributed by atoms with E-state index in [0.29, 0.717) is 6.04 Å². The van der Waals surface area contributed by atoms with Gasteiger partial charge in [-0.2, -0.15) is 0 Å². The number of allylic oxidation sites excluding steroid dienone is 2. The van der Waals surface area contributed by atoms with Gasteiger partial charge in [0.1, 0.15) is 0 Å². The van der Waals surface area contributed by atoms with Crippen LogP contribution in [0.5, 0.6) is 0 Å². The zero-order valence-corrected chi connectivity index (χ0v) is 10.8. The average Bonchev–Trinajstić information content (AvgIpc) is 2.87. The number of fused-ring (bicyclic) bond motifs is 5. The van der Waals surface area contributed by atoms with Gasteiger partial charge >= 0.3 is 0 Å². The second-order valence-electron chi connectivity index (χ2n) is 5.75. The van der Waals surface area contributed by atoms with Crippen LogP contribution in [0.15, 0.2) is 12.2 Å². The molecule has 0 radical (unpaired) electrons. The Kier molecular flexibility index (Phi) is 2.46. The molecule has 0 aromatic carbocycles. The number of rotatable bonds is 1. The normalized spacial score (nSPS) is 43.5. The van der Waals surface area contributed by atoms with Crippen LogP contribution in [0.3, 0.4) is 0 Å². The highest BCUT2D eigenvalue weighted by atomic mass is 32.1. The lowest BCUT2D eigenvalue weighted by molar-refractivity contribution is 0.244. The molecule has 3 rings (SSSR count). The molecule has 0 aromatic heterocycles. The van der Waals surface area contributed by atoms with Crippen molar-refractivity contribution in [3.63, 3.8) is 0 Å². The lowest BCUT2D eigenvalue weighted by Gasteiger charge is -2.33. The van der Waals surface area contributed by atoms with Gasteiger partial charge in [-0.1, -0.05) is 12.2 Å². The number of thiocarbonyl (C=S) groups is 1. The van der Waals surface area contributed by atoms with Gasteiger partial charge in [-0.3, -0.25) is 0 Å². The van der Waals surface area contributed by atoms with Crippen molar-refractivity contribution < 1.29 is 0 Å². The van der Waals surface area contributed by atoms with Crippen LogP contribution in [0.4, 0.5) is 0 Å². The summed E-state index contributed by atoms with van der Waals surface area (Å²) in [7, 11) is 4.03. The quantitative estimate of drug-likeness (QED) is 0.554. The summed E-state index contributed by atoms with van der Waals surface area (Å²) in [6.45, 7) is 0. The van der Waals surface area contributed by atoms with Gasteiger partial charge in [-0.15, -0.1) is 0 Å². The zero-order valence-electron chi connectivity index (χ0n) is 10.0. The summed E-state index contributed by atoms with van der Waals surface area (Å²) in [5.74, 6) is 3.61. The third-order valence-electron chi connectivity index (χ3n) is 4.72. The van der Waals surface area contributed by atoms with Gasteiger partial charge in [0, 0.05) is 20.1 Å². The van der Waals surface area contributed by atoms with Crippen molar-refractivity contribution in [2.24, 2.45) is 23.7 Å². The molecule has 2 fully saturated rings. The Morgan fingerprint density at radius 1 is 1.31 bits per heavy atom. The van der Waals surface area contributed by atoms with Crippen molar-refractivity contribution in [1.29, 1.82) is 0 Å². The van der Waals surface area contributed by atoms with Gasteiger partial charge in [0.15, 0.2) is 5.11 Å². The molecule has 3 aliphatic carbocycles. The topological polar surface area (TPSA) is 15.3 Å². The van der Waals surface area contributed by atoms with E-state index < -0.39 is 0 Å². The molecule has 0 unspecified atom stereocenters. The van der Waals surface area contributed by atoms with Crippen molar-refractivity contribution in [2.75, 3.05) is 14.1 Å². The number of hydrogen-bond acceptors (Lipinski definition) is 1. The molecule has 88 valence electrons. The smallest absolute Gasteiger partial charge is 0.168 e. The van der Waals surface area contributed by atoms with Crippen LogP contribution in [0.25, 0.3) is 0 Å². The molecule has 0 amide bonds. The van der Waals surface area contributed by atoms with Crippen LogP contribution in [-0.4, -0.2) is 30.1 Å². The van der Waals surface area contributed by atoms with Crippen molar-refractivity contribution in [1.82, 2.24) is 10.2 Å². The maximum Gasteiger partial charge on any atom is 0.168 e. The van der Waals surface area contributed by atoms with Crippen LogP contribution in [0.1, 0.15) is 19.3 Å². The number of hydrogen-bond donors (Lipinski definition) is 1. The van der Waals surface area contributed by atoms with E-state index >= 15 is 0 Å². The Balaban J connectivity index is 1.68. The fourth-order valence-corrected chi connectivity index (χ4v) is 4.15. The molecule has 16 heavy (non-hydrogen) atoms. The molecule has 0 saturated heterocycles. The molecule has 0 heterocycles. The molecule has 2 bridgehead atoms. The molecule has 0 aromatic rings. The predicted molar refractivity (Wildman–Crippen MR) is 70.2 cm³/mol. The molecule has 3 heteroatoms. The predicted octanol–water partition coefficient (Wildman–Crippen LogP) is 2.02. The highest BCUT2D eigenvalue weighted by Crippen LogP contribution is 2.56. The average molecular weight is 236 g/mol. The Bertz CT molecular complexity index is 337. The van der Waals surface area contributed by atoms with Gasteiger partial charge in [-0.05, 0) is 55.2 Å². The molecular weight excluding hydrogens is 216 g/mol. The molecule has 5 atom stereocenters. The third kappa shape index (κ3) is 1.48. The Labute approximate surface area is 103 Å². The lowest BCUT2D eigenvalue weighted by Crippen LogP contribution is -2.46. The van der Waals surface area contributed by atoms with E-state index in [9.17, 15) is 0 Å². The summed E-state index contributed by atoms with van der Waals surface area (Å²) in [6, 6.07) is 0.629. The maximum atomic E-state index is 5.35. The van der Waals surface area contributed by atoms with E-state index in [2.05, 4.69) is 17.5 Å². The molecule has 2 nitrogen and oxygen atoms in total. The maximum absolute atomic E-state index is 5.35. The molecule has 2 saturated carbocycles. The van der Waals surface area contributed by atoms with Crippen molar-refractivity contribution in [3.05, 3.63) is 12.2 Å². The molecule has 1 N–H and O–H groups in total. The van der Waals surface area contributed by atoms with E-state index in [0.717, 1.165) is 28.8 Å². The van der Waals surface area contributed by atoms with Crippen LogP contribution < -0.4 is 5.32 Å². The lowest BCUT2D eigenvalue weighted by atomic mass is 9.79. The van der Waals surface area contributed by atoms with Gasteiger partial charge in [0.05, 0.1) is 0 Å². The van der Waals surface area contributed by atoms with Gasteiger partial charge in [0.25, 0.3) is 0 Å². The van der Waals surface area contributed by atoms with E-state index in [4.69, 9.17) is 12.2 Å². The molecular formula is C13H20N2S. The van der Waals surface area contributed by atoms with Crippen molar-refractivity contribution in [3.8, 4) is 0 Å². The standard InChI is InChI=1S/C13H20N2S/c1-15(2)13(16)14-12-7-8-6-11(12)10-5-3-4-9(8)10/h3,5,8-12H,4,6-7H2,1-2H3,(H,14,16)/t8-,9+,10+,11-,12-/m1/s1. The van der Waals surface area contributed by atoms with Crippen LogP contribution in [0, 0.1) is 23.7 Å². The largest absolute Gasteiger partial charge is 0.360 e. The Morgan fingerprint density at radius 3 is 2.88 bits per heavy atom. The number of nitrogens with zero attached hydrogens (tertiary/aromatic N) is 1. The summed E-state index contributed by atoms with van der Waals surface area (Å²) < 4.78 is 0. The molecule has 0 spiro atoms. The fraction of sp³-hybridized carbons (Fsp3) is 0.769. The summed E-state index contributed by atoms with van der Waals surface area (Å²) in [5, 5.41) is 4.44. The second kappa shape index (κ2) is 3.73. The highest BCUT2D eigenvalue weighted by Gasteiger charge is 2.52. The summed E-state index contributed by atoms with van der Waals surface area (Å²) in [6.07, 6.45) is 8.94. The molecule has 3 aliphatic rings. The number of nitrogens with one attached hydrogen (secondary N) is 1. The minimum atomic E-state index is 0.629. The second-order valence-corrected chi connectivity index (χ2v) is 6.14. The fourth-order valence-electron chi connectivity index (χ4n) is 4.00. The highest BCUT2D eigenvalue weighted by molar-refractivity contribution is 7.80. The minimum Gasteiger partial charge on any atom is -0.360 e. The Hall–Kier alpha value is -0.570. The first-order valence-electron chi connectivity index (χ1n) is 6.31. The van der Waals surface area contributed by atoms with E-state index in [1.54, 1.807) is 0 Å². The zero-order chi connectivity index (χ0) is 11.3. The van der Waals surface area contributed by atoms with E-state index in [1.165, 1.54) is 19.3 Å². The van der Waals surface area contributed by atoms with Crippen molar-refractivity contribution in [2.45, 2.75) is 25.3 Å². The van der Waals surface area contributed by atoms with E-state index in [1.807, 2.05) is 19.0 Å². The first-order chi connectivity index (χ1) is 7.66. The SMILES string of the molecule is CN(C)C(=S)N[C@@H]1C[C@H]2C[C@@H]1[C@H]1C=CC[C@@H]21. The van der Waals surface area contributed by atoms with Crippen LogP contribution in [-0.2, 0) is 0 Å².